The van der Waals surface area contributed by atoms with Crippen molar-refractivity contribution in [3.05, 3.63) is 93.6 Å². The molecule has 0 bridgehead atoms. The zero-order chi connectivity index (χ0) is 23.6. The van der Waals surface area contributed by atoms with Gasteiger partial charge in [0.2, 0.25) is 0 Å². The molecule has 2 heterocycles. The van der Waals surface area contributed by atoms with Crippen LogP contribution in [-0.2, 0) is 18.6 Å². The van der Waals surface area contributed by atoms with Gasteiger partial charge >= 0.3 is 6.18 Å². The highest BCUT2D eigenvalue weighted by atomic mass is 32.1. The number of nitriles is 1. The molecule has 0 aliphatic heterocycles. The summed E-state index contributed by atoms with van der Waals surface area (Å²) in [4.78, 5) is 0.951. The third-order valence-corrected chi connectivity index (χ3v) is 6.65. The largest absolute Gasteiger partial charge is 0.421 e. The summed E-state index contributed by atoms with van der Waals surface area (Å²) in [5, 5.41) is 22.4. The van der Waals surface area contributed by atoms with Crippen LogP contribution in [0.1, 0.15) is 34.4 Å². The smallest absolute Gasteiger partial charge is 0.376 e. The van der Waals surface area contributed by atoms with E-state index in [2.05, 4.69) is 0 Å². The van der Waals surface area contributed by atoms with Crippen molar-refractivity contribution in [3.8, 4) is 6.07 Å². The molecule has 4 aromatic rings. The molecule has 0 saturated heterocycles. The number of aromatic nitrogens is 1. The number of halogens is 4. The summed E-state index contributed by atoms with van der Waals surface area (Å²) in [6, 6.07) is 15.8. The minimum atomic E-state index is -4.91. The van der Waals surface area contributed by atoms with E-state index in [9.17, 15) is 27.9 Å². The van der Waals surface area contributed by atoms with Crippen molar-refractivity contribution in [2.75, 3.05) is 0 Å². The monoisotopic (exact) mass is 472 g/mol. The van der Waals surface area contributed by atoms with Crippen molar-refractivity contribution in [3.63, 3.8) is 0 Å². The molecule has 2 aromatic carbocycles. The van der Waals surface area contributed by atoms with Crippen LogP contribution in [0.25, 0.3) is 10.9 Å². The summed E-state index contributed by atoms with van der Waals surface area (Å²) in [6.45, 7) is 0.0896. The Bertz CT molecular complexity index is 1300. The number of nitrogens with zero attached hydrogens (tertiary/aromatic N) is 2. The van der Waals surface area contributed by atoms with Gasteiger partial charge in [-0.15, -0.1) is 11.3 Å². The molecule has 4 rings (SSSR count). The Labute approximate surface area is 192 Å². The zero-order valence-corrected chi connectivity index (χ0v) is 18.3. The maximum absolute atomic E-state index is 14.3. The molecular formula is C25H20F4N2OS. The van der Waals surface area contributed by atoms with Crippen molar-refractivity contribution >= 4 is 22.2 Å². The zero-order valence-electron chi connectivity index (χ0n) is 17.4. The first kappa shape index (κ1) is 23.0. The van der Waals surface area contributed by atoms with Gasteiger partial charge in [0.15, 0.2) is 5.60 Å². The highest BCUT2D eigenvalue weighted by Crippen LogP contribution is 2.46. The molecular weight excluding hydrogens is 452 g/mol. The van der Waals surface area contributed by atoms with Gasteiger partial charge in [-0.3, -0.25) is 0 Å². The van der Waals surface area contributed by atoms with Crippen LogP contribution >= 0.6 is 11.3 Å². The van der Waals surface area contributed by atoms with Crippen LogP contribution in [0, 0.1) is 17.1 Å². The first-order valence-corrected chi connectivity index (χ1v) is 11.2. The first-order chi connectivity index (χ1) is 15.7. The molecule has 3 nitrogen and oxygen atoms in total. The fraction of sp³-hybridized carbons (Fsp3) is 0.240. The molecule has 2 aromatic heterocycles. The van der Waals surface area contributed by atoms with Gasteiger partial charge in [-0.2, -0.15) is 18.4 Å². The molecule has 8 heteroatoms. The van der Waals surface area contributed by atoms with E-state index < -0.39 is 24.0 Å². The highest BCUT2D eigenvalue weighted by molar-refractivity contribution is 7.09. The molecule has 1 N–H and O–H groups in total. The lowest BCUT2D eigenvalue weighted by Gasteiger charge is -2.30. The third-order valence-electron chi connectivity index (χ3n) is 5.71. The summed E-state index contributed by atoms with van der Waals surface area (Å²) < 4.78 is 58.0. The normalized spacial score (nSPS) is 13.7. The van der Waals surface area contributed by atoms with Crippen molar-refractivity contribution in [1.29, 1.82) is 5.26 Å². The minimum absolute atomic E-state index is 0.0896. The van der Waals surface area contributed by atoms with Gasteiger partial charge in [-0.1, -0.05) is 24.3 Å². The number of aryl methyl sites for hydroxylation is 1. The van der Waals surface area contributed by atoms with E-state index in [0.29, 0.717) is 17.5 Å². The fourth-order valence-electron chi connectivity index (χ4n) is 4.06. The number of hydrogen-bond donors (Lipinski definition) is 1. The average molecular weight is 473 g/mol. The third kappa shape index (κ3) is 4.65. The fourth-order valence-corrected chi connectivity index (χ4v) is 4.81. The predicted octanol–water partition coefficient (Wildman–Crippen LogP) is 6.53. The Morgan fingerprint density at radius 1 is 1.06 bits per heavy atom. The van der Waals surface area contributed by atoms with E-state index in [1.807, 2.05) is 23.6 Å². The summed E-state index contributed by atoms with van der Waals surface area (Å²) >= 11 is 1.46. The topological polar surface area (TPSA) is 48.9 Å². The van der Waals surface area contributed by atoms with E-state index in [4.69, 9.17) is 0 Å². The van der Waals surface area contributed by atoms with Crippen LogP contribution in [0.15, 0.2) is 66.2 Å². The van der Waals surface area contributed by atoms with Crippen molar-refractivity contribution < 1.29 is 22.7 Å². The van der Waals surface area contributed by atoms with Crippen LogP contribution in [0.2, 0.25) is 0 Å². The molecule has 0 radical (unpaired) electrons. The van der Waals surface area contributed by atoms with Gasteiger partial charge in [-0.25, -0.2) is 4.39 Å². The molecule has 1 unspecified atom stereocenters. The van der Waals surface area contributed by atoms with E-state index >= 15 is 0 Å². The average Bonchev–Trinajstić information content (AvgIpc) is 3.41. The molecule has 0 amide bonds. The van der Waals surface area contributed by atoms with Crippen molar-refractivity contribution in [1.82, 2.24) is 4.57 Å². The molecule has 1 atom stereocenters. The van der Waals surface area contributed by atoms with Gasteiger partial charge in [0, 0.05) is 28.6 Å². The highest BCUT2D eigenvalue weighted by Gasteiger charge is 2.55. The molecule has 0 spiro atoms. The van der Waals surface area contributed by atoms with Crippen molar-refractivity contribution in [2.24, 2.45) is 0 Å². The number of rotatable bonds is 7. The summed E-state index contributed by atoms with van der Waals surface area (Å²) in [6.07, 6.45) is -3.57. The van der Waals surface area contributed by atoms with Crippen LogP contribution in [-0.4, -0.2) is 15.8 Å². The Kier molecular flexibility index (Phi) is 6.28. The van der Waals surface area contributed by atoms with Crippen molar-refractivity contribution in [2.45, 2.75) is 37.6 Å². The predicted molar refractivity (Wildman–Crippen MR) is 119 cm³/mol. The lowest BCUT2D eigenvalue weighted by Crippen LogP contribution is -2.42. The number of benzene rings is 2. The van der Waals surface area contributed by atoms with Gasteiger partial charge in [0.1, 0.15) is 5.82 Å². The minimum Gasteiger partial charge on any atom is -0.376 e. The maximum Gasteiger partial charge on any atom is 0.421 e. The Morgan fingerprint density at radius 3 is 2.55 bits per heavy atom. The second-order valence-electron chi connectivity index (χ2n) is 7.94. The lowest BCUT2D eigenvalue weighted by molar-refractivity contribution is -0.269. The molecule has 0 saturated carbocycles. The van der Waals surface area contributed by atoms with Gasteiger partial charge in [-0.05, 0) is 60.5 Å². The second kappa shape index (κ2) is 9.00. The number of aliphatic hydroxyl groups is 1. The van der Waals surface area contributed by atoms with E-state index in [1.54, 1.807) is 6.07 Å². The standard InChI is InChI=1S/C25H20F4N2OS/c26-19-5-1-4-18(12-19)15-31-16-22(21-9-8-17(14-30)13-23(21)31)24(32,25(27,28)29)10-2-6-20-7-3-11-33-20/h1,3-5,7-9,11-13,16,32H,2,6,10,15H2. The van der Waals surface area contributed by atoms with Crippen LogP contribution in [0.4, 0.5) is 17.6 Å². The SMILES string of the molecule is N#Cc1ccc2c(C(O)(CCCc3cccs3)C(F)(F)F)cn(Cc3cccc(F)c3)c2c1. The number of hydrogen-bond acceptors (Lipinski definition) is 3. The molecule has 0 aliphatic rings. The first-order valence-electron chi connectivity index (χ1n) is 10.3. The van der Waals surface area contributed by atoms with Gasteiger partial charge in [0.05, 0.1) is 17.1 Å². The Balaban J connectivity index is 1.78. The second-order valence-corrected chi connectivity index (χ2v) is 8.97. The number of fused-ring (bicyclic) bond motifs is 1. The molecule has 33 heavy (non-hydrogen) atoms. The van der Waals surface area contributed by atoms with E-state index in [-0.39, 0.29) is 29.5 Å². The molecule has 0 aliphatic carbocycles. The van der Waals surface area contributed by atoms with Gasteiger partial charge < -0.3 is 9.67 Å². The van der Waals surface area contributed by atoms with Gasteiger partial charge in [0.25, 0.3) is 0 Å². The number of thiophene rings is 1. The molecule has 0 fully saturated rings. The van der Waals surface area contributed by atoms with E-state index in [0.717, 1.165) is 4.88 Å². The Hall–Kier alpha value is -3.15. The van der Waals surface area contributed by atoms with E-state index in [1.165, 1.54) is 58.5 Å². The van der Waals surface area contributed by atoms with Crippen LogP contribution in [0.3, 0.4) is 0 Å². The summed E-state index contributed by atoms with van der Waals surface area (Å²) in [7, 11) is 0. The quantitative estimate of drug-likeness (QED) is 0.311. The maximum atomic E-state index is 14.3. The number of alkyl halides is 3. The summed E-state index contributed by atoms with van der Waals surface area (Å²) in [5.41, 5.74) is -2.13. The van der Waals surface area contributed by atoms with Crippen LogP contribution < -0.4 is 0 Å². The van der Waals surface area contributed by atoms with Crippen LogP contribution in [0.5, 0.6) is 0 Å². The molecule has 170 valence electrons. The summed E-state index contributed by atoms with van der Waals surface area (Å²) in [5.74, 6) is -0.456. The Morgan fingerprint density at radius 2 is 1.88 bits per heavy atom. The lowest BCUT2D eigenvalue weighted by atomic mass is 9.87.